The van der Waals surface area contributed by atoms with Crippen LogP contribution in [0.15, 0.2) is 42.6 Å². The largest absolute Gasteiger partial charge is 0.378 e. The Bertz CT molecular complexity index is 562. The molecule has 0 aliphatic heterocycles. The van der Waals surface area contributed by atoms with Gasteiger partial charge in [0.2, 0.25) is 0 Å². The van der Waals surface area contributed by atoms with Gasteiger partial charge in [-0.05, 0) is 26.3 Å². The van der Waals surface area contributed by atoms with Crippen LogP contribution in [-0.2, 0) is 6.54 Å². The third kappa shape index (κ3) is 4.23. The van der Waals surface area contributed by atoms with Gasteiger partial charge in [0, 0.05) is 18.2 Å². The van der Waals surface area contributed by atoms with Crippen LogP contribution in [0.5, 0.6) is 0 Å². The Morgan fingerprint density at radius 2 is 1.85 bits per heavy atom. The molecule has 0 spiro atoms. The molecule has 0 fully saturated rings. The van der Waals surface area contributed by atoms with Crippen molar-refractivity contribution in [3.8, 4) is 0 Å². The topological polar surface area (TPSA) is 37.0 Å². The van der Waals surface area contributed by atoms with Crippen molar-refractivity contribution in [2.45, 2.75) is 32.9 Å². The SMILES string of the molecule is CC(C)(C)Nc1cc(NCc2ccccc2)ncc1F. The Hall–Kier alpha value is -2.10. The van der Waals surface area contributed by atoms with Gasteiger partial charge in [-0.1, -0.05) is 30.3 Å². The minimum Gasteiger partial charge on any atom is -0.378 e. The number of hydrogen-bond donors (Lipinski definition) is 2. The monoisotopic (exact) mass is 273 g/mol. The predicted molar refractivity (Wildman–Crippen MR) is 81.3 cm³/mol. The first-order chi connectivity index (χ1) is 9.44. The van der Waals surface area contributed by atoms with Gasteiger partial charge in [0.1, 0.15) is 5.82 Å². The Morgan fingerprint density at radius 3 is 2.50 bits per heavy atom. The normalized spacial score (nSPS) is 11.2. The van der Waals surface area contributed by atoms with Gasteiger partial charge in [-0.25, -0.2) is 9.37 Å². The zero-order valence-electron chi connectivity index (χ0n) is 12.1. The fraction of sp³-hybridized carbons (Fsp3) is 0.312. The molecule has 20 heavy (non-hydrogen) atoms. The van der Waals surface area contributed by atoms with Gasteiger partial charge in [-0.3, -0.25) is 0 Å². The van der Waals surface area contributed by atoms with Crippen LogP contribution in [0.4, 0.5) is 15.9 Å². The van der Waals surface area contributed by atoms with E-state index < -0.39 is 0 Å². The number of hydrogen-bond acceptors (Lipinski definition) is 3. The van der Waals surface area contributed by atoms with Crippen molar-refractivity contribution in [1.82, 2.24) is 4.98 Å². The van der Waals surface area contributed by atoms with E-state index in [1.54, 1.807) is 6.07 Å². The number of pyridine rings is 1. The van der Waals surface area contributed by atoms with Crippen molar-refractivity contribution < 1.29 is 4.39 Å². The standard InChI is InChI=1S/C16H20FN3/c1-16(2,3)20-14-9-15(19-11-13(14)17)18-10-12-7-5-4-6-8-12/h4-9,11H,10H2,1-3H3,(H2,18,19,20). The average molecular weight is 273 g/mol. The quantitative estimate of drug-likeness (QED) is 0.882. The first kappa shape index (κ1) is 14.3. The number of benzene rings is 1. The Balaban J connectivity index is 2.07. The fourth-order valence-electron chi connectivity index (χ4n) is 1.82. The van der Waals surface area contributed by atoms with E-state index in [1.165, 1.54) is 6.20 Å². The second-order valence-electron chi connectivity index (χ2n) is 5.76. The third-order valence-corrected chi connectivity index (χ3v) is 2.68. The van der Waals surface area contributed by atoms with Crippen LogP contribution in [0, 0.1) is 5.82 Å². The molecule has 0 bridgehead atoms. The minimum atomic E-state index is -0.342. The van der Waals surface area contributed by atoms with Crippen molar-refractivity contribution in [2.75, 3.05) is 10.6 Å². The number of anilines is 2. The van der Waals surface area contributed by atoms with Crippen molar-refractivity contribution in [2.24, 2.45) is 0 Å². The molecule has 0 saturated heterocycles. The summed E-state index contributed by atoms with van der Waals surface area (Å²) in [6.07, 6.45) is 1.24. The molecule has 1 aromatic heterocycles. The van der Waals surface area contributed by atoms with E-state index in [2.05, 4.69) is 15.6 Å². The lowest BCUT2D eigenvalue weighted by molar-refractivity contribution is 0.595. The highest BCUT2D eigenvalue weighted by molar-refractivity contribution is 5.54. The molecular formula is C16H20FN3. The highest BCUT2D eigenvalue weighted by atomic mass is 19.1. The van der Waals surface area contributed by atoms with Gasteiger partial charge in [-0.2, -0.15) is 0 Å². The molecule has 0 saturated carbocycles. The second-order valence-corrected chi connectivity index (χ2v) is 5.76. The lowest BCUT2D eigenvalue weighted by Gasteiger charge is -2.22. The first-order valence-electron chi connectivity index (χ1n) is 6.65. The number of aromatic nitrogens is 1. The summed E-state index contributed by atoms with van der Waals surface area (Å²) in [5.74, 6) is 0.312. The molecule has 1 heterocycles. The van der Waals surface area contributed by atoms with Gasteiger partial charge >= 0.3 is 0 Å². The number of nitrogens with one attached hydrogen (secondary N) is 2. The van der Waals surface area contributed by atoms with Crippen LogP contribution in [0.2, 0.25) is 0 Å². The molecular weight excluding hydrogens is 253 g/mol. The Kier molecular flexibility index (Phi) is 4.23. The van der Waals surface area contributed by atoms with Crippen molar-refractivity contribution >= 4 is 11.5 Å². The van der Waals surface area contributed by atoms with E-state index in [0.29, 0.717) is 18.1 Å². The zero-order valence-corrected chi connectivity index (χ0v) is 12.1. The van der Waals surface area contributed by atoms with Gasteiger partial charge in [0.05, 0.1) is 11.9 Å². The molecule has 0 amide bonds. The maximum Gasteiger partial charge on any atom is 0.164 e. The van der Waals surface area contributed by atoms with E-state index in [0.717, 1.165) is 5.56 Å². The lowest BCUT2D eigenvalue weighted by Crippen LogP contribution is -2.26. The second kappa shape index (κ2) is 5.90. The van der Waals surface area contributed by atoms with Crippen LogP contribution in [0.25, 0.3) is 0 Å². The summed E-state index contributed by atoms with van der Waals surface area (Å²) in [6.45, 7) is 6.63. The Morgan fingerprint density at radius 1 is 1.15 bits per heavy atom. The minimum absolute atomic E-state index is 0.196. The highest BCUT2D eigenvalue weighted by Crippen LogP contribution is 2.21. The number of rotatable bonds is 4. The molecule has 3 nitrogen and oxygen atoms in total. The molecule has 0 atom stereocenters. The number of nitrogens with zero attached hydrogens (tertiary/aromatic N) is 1. The van der Waals surface area contributed by atoms with Crippen molar-refractivity contribution in [3.63, 3.8) is 0 Å². The average Bonchev–Trinajstić information content (AvgIpc) is 2.39. The van der Waals surface area contributed by atoms with Gasteiger partial charge in [0.25, 0.3) is 0 Å². The van der Waals surface area contributed by atoms with Crippen molar-refractivity contribution in [1.29, 1.82) is 0 Å². The summed E-state index contributed by atoms with van der Waals surface area (Å²) >= 11 is 0. The highest BCUT2D eigenvalue weighted by Gasteiger charge is 2.13. The molecule has 0 aliphatic rings. The van der Waals surface area contributed by atoms with Gasteiger partial charge < -0.3 is 10.6 Å². The lowest BCUT2D eigenvalue weighted by atomic mass is 10.1. The van der Waals surface area contributed by atoms with E-state index in [1.807, 2.05) is 51.1 Å². The molecule has 106 valence electrons. The molecule has 0 radical (unpaired) electrons. The van der Waals surface area contributed by atoms with Gasteiger partial charge in [-0.15, -0.1) is 0 Å². The summed E-state index contributed by atoms with van der Waals surface area (Å²) in [4.78, 5) is 4.06. The van der Waals surface area contributed by atoms with Crippen LogP contribution < -0.4 is 10.6 Å². The van der Waals surface area contributed by atoms with Crippen molar-refractivity contribution in [3.05, 3.63) is 54.0 Å². The zero-order chi connectivity index (χ0) is 14.6. The fourth-order valence-corrected chi connectivity index (χ4v) is 1.82. The van der Waals surface area contributed by atoms with Crippen LogP contribution in [0.1, 0.15) is 26.3 Å². The molecule has 2 N–H and O–H groups in total. The summed E-state index contributed by atoms with van der Waals surface area (Å²) in [7, 11) is 0. The van der Waals surface area contributed by atoms with Crippen LogP contribution in [-0.4, -0.2) is 10.5 Å². The molecule has 0 unspecified atom stereocenters. The summed E-state index contributed by atoms with van der Waals surface area (Å²) < 4.78 is 13.7. The summed E-state index contributed by atoms with van der Waals surface area (Å²) in [5, 5.41) is 6.33. The maximum atomic E-state index is 13.7. The molecule has 2 aromatic rings. The van der Waals surface area contributed by atoms with Crippen LogP contribution in [0.3, 0.4) is 0 Å². The number of halogens is 1. The maximum absolute atomic E-state index is 13.7. The Labute approximate surface area is 119 Å². The predicted octanol–water partition coefficient (Wildman–Crippen LogP) is 4.04. The van der Waals surface area contributed by atoms with Gasteiger partial charge in [0.15, 0.2) is 5.82 Å². The molecule has 2 rings (SSSR count). The van der Waals surface area contributed by atoms with E-state index in [-0.39, 0.29) is 11.4 Å². The summed E-state index contributed by atoms with van der Waals surface area (Å²) in [5.41, 5.74) is 1.42. The van der Waals surface area contributed by atoms with E-state index >= 15 is 0 Å². The van der Waals surface area contributed by atoms with E-state index in [4.69, 9.17) is 0 Å². The molecule has 1 aromatic carbocycles. The smallest absolute Gasteiger partial charge is 0.164 e. The van der Waals surface area contributed by atoms with Crippen LogP contribution >= 0.6 is 0 Å². The van der Waals surface area contributed by atoms with E-state index in [9.17, 15) is 4.39 Å². The first-order valence-corrected chi connectivity index (χ1v) is 6.65. The molecule has 0 aliphatic carbocycles. The third-order valence-electron chi connectivity index (χ3n) is 2.68. The summed E-state index contributed by atoms with van der Waals surface area (Å²) in [6, 6.07) is 11.7. The molecule has 4 heteroatoms.